The number of carbonyl (C=O) groups excluding carboxylic acids is 2. The van der Waals surface area contributed by atoms with E-state index >= 15 is 0 Å². The molecule has 1 atom stereocenters. The summed E-state index contributed by atoms with van der Waals surface area (Å²) in [6.07, 6.45) is 4.16. The van der Waals surface area contributed by atoms with Gasteiger partial charge in [-0.3, -0.25) is 14.5 Å². The molecule has 0 unspecified atom stereocenters. The quantitative estimate of drug-likeness (QED) is 0.608. The average Bonchev–Trinajstić information content (AvgIpc) is 3.41. The van der Waals surface area contributed by atoms with Gasteiger partial charge in [0.25, 0.3) is 15.9 Å². The molecule has 1 aliphatic carbocycles. The van der Waals surface area contributed by atoms with Crippen LogP contribution in [0, 0.1) is 0 Å². The fraction of sp³-hybridized carbons (Fsp3) is 0.471. The largest absolute Gasteiger partial charge is 0.454 e. The number of amidine groups is 1. The summed E-state index contributed by atoms with van der Waals surface area (Å²) in [5, 5.41) is 2.74. The van der Waals surface area contributed by atoms with Crippen LogP contribution in [0.1, 0.15) is 24.8 Å². The van der Waals surface area contributed by atoms with Gasteiger partial charge in [0.15, 0.2) is 12.6 Å². The number of nitrogens with one attached hydrogen (secondary N) is 2. The Hall–Kier alpha value is -2.07. The zero-order chi connectivity index (χ0) is 19.4. The smallest absolute Gasteiger partial charge is 0.331 e. The molecule has 1 aliphatic heterocycles. The van der Waals surface area contributed by atoms with Crippen molar-refractivity contribution in [3.8, 4) is 0 Å². The Balaban J connectivity index is 1.73. The third-order valence-electron chi connectivity index (χ3n) is 4.10. The summed E-state index contributed by atoms with van der Waals surface area (Å²) in [4.78, 5) is 28.6. The number of sulfonamides is 1. The Morgan fingerprint density at radius 1 is 1.37 bits per heavy atom. The normalized spacial score (nSPS) is 19.8. The molecule has 1 fully saturated rings. The van der Waals surface area contributed by atoms with Crippen LogP contribution in [0.25, 0.3) is 0 Å². The molecule has 0 radical (unpaired) electrons. The van der Waals surface area contributed by atoms with E-state index in [2.05, 4.69) is 15.0 Å². The van der Waals surface area contributed by atoms with Crippen LogP contribution < -0.4 is 10.0 Å². The van der Waals surface area contributed by atoms with Crippen molar-refractivity contribution in [3.05, 3.63) is 29.8 Å². The van der Waals surface area contributed by atoms with Crippen LogP contribution in [0.2, 0.25) is 0 Å². The molecule has 1 aromatic rings. The summed E-state index contributed by atoms with van der Waals surface area (Å²) in [6, 6.07) is 5.74. The number of ether oxygens (including phenoxy) is 1. The number of fused-ring (bicyclic) bond motifs is 1. The molecule has 2 N–H and O–H groups in total. The summed E-state index contributed by atoms with van der Waals surface area (Å²) in [6.45, 7) is -0.363. The van der Waals surface area contributed by atoms with E-state index in [1.54, 1.807) is 18.2 Å². The van der Waals surface area contributed by atoms with Gasteiger partial charge in [-0.05, 0) is 43.4 Å². The van der Waals surface area contributed by atoms with E-state index in [1.165, 1.54) is 17.8 Å². The molecular formula is C17H21N3O5S2. The van der Waals surface area contributed by atoms with E-state index < -0.39 is 22.0 Å². The van der Waals surface area contributed by atoms with Crippen LogP contribution in [0.4, 0.5) is 0 Å². The number of aliphatic imine (C=N–C) groups is 1. The maximum atomic E-state index is 12.4. The minimum Gasteiger partial charge on any atom is -0.454 e. The fourth-order valence-corrected chi connectivity index (χ4v) is 4.28. The number of thioether (sulfide) groups is 1. The fourth-order valence-electron chi connectivity index (χ4n) is 2.58. The summed E-state index contributed by atoms with van der Waals surface area (Å²) in [5.74, 6) is -0.227. The second-order valence-electron chi connectivity index (χ2n) is 6.33. The first-order valence-corrected chi connectivity index (χ1v) is 11.4. The molecule has 1 heterocycles. The van der Waals surface area contributed by atoms with Crippen molar-refractivity contribution in [1.29, 1.82) is 0 Å². The number of amides is 1. The van der Waals surface area contributed by atoms with Crippen LogP contribution in [0.15, 0.2) is 34.2 Å². The SMILES string of the molecule is CSCC[C@H](N=C1NS(=O)(=O)c2ccccc21)C(=O)OCC(=O)NC1CC1. The van der Waals surface area contributed by atoms with E-state index in [1.807, 2.05) is 6.26 Å². The van der Waals surface area contributed by atoms with Crippen LogP contribution >= 0.6 is 11.8 Å². The maximum Gasteiger partial charge on any atom is 0.331 e. The molecule has 27 heavy (non-hydrogen) atoms. The molecule has 3 rings (SSSR count). The van der Waals surface area contributed by atoms with Crippen LogP contribution in [0.5, 0.6) is 0 Å². The number of nitrogens with zero attached hydrogens (tertiary/aromatic N) is 1. The predicted octanol–water partition coefficient (Wildman–Crippen LogP) is 0.669. The van der Waals surface area contributed by atoms with Gasteiger partial charge >= 0.3 is 5.97 Å². The third-order valence-corrected chi connectivity index (χ3v) is 6.14. The van der Waals surface area contributed by atoms with Gasteiger partial charge in [0.05, 0.1) is 4.90 Å². The molecule has 1 saturated carbocycles. The van der Waals surface area contributed by atoms with Crippen LogP contribution in [0.3, 0.4) is 0 Å². The number of esters is 1. The van der Waals surface area contributed by atoms with Gasteiger partial charge < -0.3 is 10.1 Å². The summed E-state index contributed by atoms with van der Waals surface area (Å²) < 4.78 is 31.9. The first-order chi connectivity index (χ1) is 12.9. The minimum atomic E-state index is -3.68. The van der Waals surface area contributed by atoms with E-state index in [0.29, 0.717) is 17.7 Å². The lowest BCUT2D eigenvalue weighted by atomic mass is 10.2. The Labute approximate surface area is 162 Å². The van der Waals surface area contributed by atoms with Gasteiger partial charge in [0, 0.05) is 11.6 Å². The lowest BCUT2D eigenvalue weighted by Crippen LogP contribution is -2.33. The molecular weight excluding hydrogens is 390 g/mol. The monoisotopic (exact) mass is 411 g/mol. The van der Waals surface area contributed by atoms with Gasteiger partial charge in [-0.15, -0.1) is 0 Å². The molecule has 0 bridgehead atoms. The van der Waals surface area contributed by atoms with Crippen molar-refractivity contribution >= 4 is 39.5 Å². The summed E-state index contributed by atoms with van der Waals surface area (Å²) >= 11 is 1.54. The zero-order valence-electron chi connectivity index (χ0n) is 14.8. The van der Waals surface area contributed by atoms with E-state index in [9.17, 15) is 18.0 Å². The molecule has 10 heteroatoms. The number of rotatable bonds is 8. The highest BCUT2D eigenvalue weighted by Gasteiger charge is 2.32. The summed E-state index contributed by atoms with van der Waals surface area (Å²) in [5.41, 5.74) is 0.422. The number of carbonyl (C=O) groups is 2. The van der Waals surface area contributed by atoms with Crippen molar-refractivity contribution in [3.63, 3.8) is 0 Å². The van der Waals surface area contributed by atoms with Crippen molar-refractivity contribution < 1.29 is 22.7 Å². The molecule has 0 saturated heterocycles. The Bertz CT molecular complexity index is 865. The molecule has 2 aliphatic rings. The molecule has 1 amide bonds. The molecule has 0 aromatic heterocycles. The van der Waals surface area contributed by atoms with Gasteiger partial charge in [-0.2, -0.15) is 11.8 Å². The average molecular weight is 412 g/mol. The molecule has 146 valence electrons. The van der Waals surface area contributed by atoms with E-state index in [0.717, 1.165) is 12.8 Å². The van der Waals surface area contributed by atoms with Gasteiger partial charge in [-0.25, -0.2) is 13.2 Å². The Kier molecular flexibility index (Phi) is 6.05. The van der Waals surface area contributed by atoms with Crippen molar-refractivity contribution in [1.82, 2.24) is 10.0 Å². The highest BCUT2D eigenvalue weighted by molar-refractivity contribution is 7.98. The maximum absolute atomic E-state index is 12.4. The number of hydrogen-bond donors (Lipinski definition) is 2. The third kappa shape index (κ3) is 5.01. The van der Waals surface area contributed by atoms with Gasteiger partial charge in [-0.1, -0.05) is 12.1 Å². The molecule has 8 nitrogen and oxygen atoms in total. The first-order valence-electron chi connectivity index (χ1n) is 8.55. The topological polar surface area (TPSA) is 114 Å². The van der Waals surface area contributed by atoms with Gasteiger partial charge in [0.2, 0.25) is 0 Å². The van der Waals surface area contributed by atoms with Crippen molar-refractivity contribution in [2.24, 2.45) is 4.99 Å². The zero-order valence-corrected chi connectivity index (χ0v) is 16.4. The lowest BCUT2D eigenvalue weighted by molar-refractivity contribution is -0.149. The molecule has 1 aromatic carbocycles. The minimum absolute atomic E-state index is 0.121. The molecule has 0 spiro atoms. The number of benzene rings is 1. The number of hydrogen-bond acceptors (Lipinski definition) is 7. The highest BCUT2D eigenvalue weighted by atomic mass is 32.2. The van der Waals surface area contributed by atoms with Crippen LogP contribution in [-0.2, 0) is 24.3 Å². The van der Waals surface area contributed by atoms with E-state index in [-0.39, 0.29) is 29.3 Å². The summed E-state index contributed by atoms with van der Waals surface area (Å²) in [7, 11) is -3.68. The second kappa shape index (κ2) is 8.30. The van der Waals surface area contributed by atoms with Gasteiger partial charge in [0.1, 0.15) is 5.84 Å². The van der Waals surface area contributed by atoms with Crippen molar-refractivity contribution in [2.45, 2.75) is 36.2 Å². The second-order valence-corrected chi connectivity index (χ2v) is 8.96. The van der Waals surface area contributed by atoms with Crippen LogP contribution in [-0.4, -0.2) is 56.8 Å². The van der Waals surface area contributed by atoms with E-state index in [4.69, 9.17) is 4.74 Å². The lowest BCUT2D eigenvalue weighted by Gasteiger charge is -2.13. The Morgan fingerprint density at radius 2 is 2.11 bits per heavy atom. The highest BCUT2D eigenvalue weighted by Crippen LogP contribution is 2.23. The van der Waals surface area contributed by atoms with Crippen molar-refractivity contribution in [2.75, 3.05) is 18.6 Å². The Morgan fingerprint density at radius 3 is 2.81 bits per heavy atom. The standard InChI is InChI=1S/C17H21N3O5S2/c1-26-9-8-13(17(22)25-10-15(21)18-11-6-7-11)19-16-12-4-2-3-5-14(12)27(23,24)20-16/h2-5,11,13H,6-10H2,1H3,(H,18,21)(H,19,20)/t13-/m0/s1. The first kappa shape index (κ1) is 19.7. The predicted molar refractivity (Wildman–Crippen MR) is 102 cm³/mol.